The number of halogens is 2. The van der Waals surface area contributed by atoms with E-state index in [1.807, 2.05) is 0 Å². The molecule has 0 radical (unpaired) electrons. The summed E-state index contributed by atoms with van der Waals surface area (Å²) < 4.78 is 43.1. The maximum atomic E-state index is 13.7. The van der Waals surface area contributed by atoms with Crippen molar-refractivity contribution in [3.05, 3.63) is 58.9 Å². The van der Waals surface area contributed by atoms with Crippen molar-refractivity contribution in [1.82, 2.24) is 5.32 Å². The third-order valence-corrected chi connectivity index (χ3v) is 5.81. The zero-order valence-corrected chi connectivity index (χ0v) is 15.9. The first-order valence-corrected chi connectivity index (χ1v) is 9.87. The third-order valence-electron chi connectivity index (χ3n) is 3.82. The second kappa shape index (κ2) is 8.51. The number of benzene rings is 2. The predicted molar refractivity (Wildman–Crippen MR) is 97.6 cm³/mol. The Balaban J connectivity index is 1.95. The highest BCUT2D eigenvalue weighted by molar-refractivity contribution is 7.91. The minimum absolute atomic E-state index is 0.111. The van der Waals surface area contributed by atoms with Crippen LogP contribution < -0.4 is 10.1 Å². The smallest absolute Gasteiger partial charge is 0.221 e. The molecule has 8 heteroatoms. The Morgan fingerprint density at radius 1 is 1.23 bits per heavy atom. The van der Waals surface area contributed by atoms with E-state index in [0.717, 1.165) is 0 Å². The fourth-order valence-electron chi connectivity index (χ4n) is 2.34. The molecule has 0 aliphatic heterocycles. The van der Waals surface area contributed by atoms with Crippen LogP contribution in [0.3, 0.4) is 0 Å². The van der Waals surface area contributed by atoms with Gasteiger partial charge in [-0.15, -0.1) is 0 Å². The molecule has 0 heterocycles. The van der Waals surface area contributed by atoms with Crippen LogP contribution in [0, 0.1) is 5.82 Å². The van der Waals surface area contributed by atoms with Gasteiger partial charge in [0.25, 0.3) is 0 Å². The SMILES string of the molecule is COc1ccc(C(C)NC(=O)CCS(=O)(=O)c2ccc(Cl)cc2)cc1F. The van der Waals surface area contributed by atoms with Crippen LogP contribution in [0.2, 0.25) is 5.02 Å². The van der Waals surface area contributed by atoms with Crippen LogP contribution in [0.15, 0.2) is 47.4 Å². The van der Waals surface area contributed by atoms with Crippen LogP contribution in [0.4, 0.5) is 4.39 Å². The summed E-state index contributed by atoms with van der Waals surface area (Å²) >= 11 is 5.74. The highest BCUT2D eigenvalue weighted by Gasteiger charge is 2.18. The average molecular weight is 400 g/mol. The normalized spacial score (nSPS) is 12.5. The van der Waals surface area contributed by atoms with Crippen molar-refractivity contribution < 1.29 is 22.3 Å². The highest BCUT2D eigenvalue weighted by atomic mass is 35.5. The van der Waals surface area contributed by atoms with E-state index in [1.54, 1.807) is 13.0 Å². The lowest BCUT2D eigenvalue weighted by molar-refractivity contribution is -0.121. The zero-order chi connectivity index (χ0) is 19.3. The van der Waals surface area contributed by atoms with E-state index in [0.29, 0.717) is 10.6 Å². The van der Waals surface area contributed by atoms with Gasteiger partial charge in [-0.2, -0.15) is 0 Å². The molecular weight excluding hydrogens is 381 g/mol. The van der Waals surface area contributed by atoms with E-state index in [1.165, 1.54) is 43.5 Å². The minimum atomic E-state index is -3.58. The lowest BCUT2D eigenvalue weighted by atomic mass is 10.1. The molecule has 2 aromatic rings. The van der Waals surface area contributed by atoms with Gasteiger partial charge in [0, 0.05) is 11.4 Å². The maximum absolute atomic E-state index is 13.7. The molecule has 2 rings (SSSR count). The second-order valence-corrected chi connectivity index (χ2v) is 8.25. The Labute approximate surface area is 157 Å². The Morgan fingerprint density at radius 3 is 2.46 bits per heavy atom. The fraction of sp³-hybridized carbons (Fsp3) is 0.278. The van der Waals surface area contributed by atoms with Crippen molar-refractivity contribution >= 4 is 27.3 Å². The largest absolute Gasteiger partial charge is 0.494 e. The Kier molecular flexibility index (Phi) is 6.61. The van der Waals surface area contributed by atoms with Gasteiger partial charge in [-0.25, -0.2) is 12.8 Å². The van der Waals surface area contributed by atoms with Crippen molar-refractivity contribution in [2.75, 3.05) is 12.9 Å². The molecule has 1 unspecified atom stereocenters. The molecule has 0 saturated carbocycles. The number of carbonyl (C=O) groups is 1. The summed E-state index contributed by atoms with van der Waals surface area (Å²) in [4.78, 5) is 12.2. The Morgan fingerprint density at radius 2 is 1.88 bits per heavy atom. The molecule has 1 N–H and O–H groups in total. The molecule has 2 aromatic carbocycles. The molecule has 0 fully saturated rings. The topological polar surface area (TPSA) is 72.5 Å². The van der Waals surface area contributed by atoms with E-state index < -0.39 is 27.6 Å². The number of methoxy groups -OCH3 is 1. The Hall–Kier alpha value is -2.12. The average Bonchev–Trinajstić information content (AvgIpc) is 2.60. The number of amides is 1. The van der Waals surface area contributed by atoms with E-state index in [-0.39, 0.29) is 22.8 Å². The molecule has 5 nitrogen and oxygen atoms in total. The quantitative estimate of drug-likeness (QED) is 0.773. The van der Waals surface area contributed by atoms with E-state index >= 15 is 0 Å². The number of hydrogen-bond acceptors (Lipinski definition) is 4. The number of sulfone groups is 1. The van der Waals surface area contributed by atoms with Crippen LogP contribution in [0.25, 0.3) is 0 Å². The Bertz CT molecular complexity index is 885. The van der Waals surface area contributed by atoms with Crippen molar-refractivity contribution in [3.8, 4) is 5.75 Å². The van der Waals surface area contributed by atoms with Crippen LogP contribution in [0.5, 0.6) is 5.75 Å². The molecule has 0 saturated heterocycles. The summed E-state index contributed by atoms with van der Waals surface area (Å²) in [6, 6.07) is 9.67. The van der Waals surface area contributed by atoms with Crippen LogP contribution in [0.1, 0.15) is 24.9 Å². The van der Waals surface area contributed by atoms with Crippen molar-refractivity contribution in [2.45, 2.75) is 24.3 Å². The molecule has 0 aliphatic carbocycles. The van der Waals surface area contributed by atoms with Crippen LogP contribution in [-0.4, -0.2) is 27.2 Å². The summed E-state index contributed by atoms with van der Waals surface area (Å²) in [6.07, 6.45) is -0.200. The fourth-order valence-corrected chi connectivity index (χ4v) is 3.70. The van der Waals surface area contributed by atoms with Gasteiger partial charge in [0.05, 0.1) is 23.8 Å². The molecule has 0 aliphatic rings. The number of carbonyl (C=O) groups excluding carboxylic acids is 1. The zero-order valence-electron chi connectivity index (χ0n) is 14.3. The summed E-state index contributed by atoms with van der Waals surface area (Å²) in [7, 11) is -2.22. The monoisotopic (exact) mass is 399 g/mol. The van der Waals surface area contributed by atoms with Crippen molar-refractivity contribution in [2.24, 2.45) is 0 Å². The first-order valence-electron chi connectivity index (χ1n) is 7.84. The van der Waals surface area contributed by atoms with Gasteiger partial charge in [0.2, 0.25) is 5.91 Å². The lowest BCUT2D eigenvalue weighted by Crippen LogP contribution is -2.28. The number of nitrogens with one attached hydrogen (secondary N) is 1. The molecule has 0 aromatic heterocycles. The molecule has 1 amide bonds. The lowest BCUT2D eigenvalue weighted by Gasteiger charge is -2.15. The first-order chi connectivity index (χ1) is 12.2. The maximum Gasteiger partial charge on any atom is 0.221 e. The van der Waals surface area contributed by atoms with Gasteiger partial charge < -0.3 is 10.1 Å². The first kappa shape index (κ1) is 20.2. The molecule has 0 bridgehead atoms. The number of rotatable bonds is 7. The molecule has 26 heavy (non-hydrogen) atoms. The third kappa shape index (κ3) is 5.19. The van der Waals surface area contributed by atoms with Crippen molar-refractivity contribution in [1.29, 1.82) is 0 Å². The summed E-state index contributed by atoms with van der Waals surface area (Å²) in [5.41, 5.74) is 0.553. The molecular formula is C18H19ClFNO4S. The summed E-state index contributed by atoms with van der Waals surface area (Å²) in [5.74, 6) is -1.19. The van der Waals surface area contributed by atoms with Gasteiger partial charge >= 0.3 is 0 Å². The summed E-state index contributed by atoms with van der Waals surface area (Å²) in [6.45, 7) is 1.69. The van der Waals surface area contributed by atoms with Gasteiger partial charge in [0.1, 0.15) is 0 Å². The van der Waals surface area contributed by atoms with E-state index in [4.69, 9.17) is 16.3 Å². The number of hydrogen-bond donors (Lipinski definition) is 1. The highest BCUT2D eigenvalue weighted by Crippen LogP contribution is 2.22. The minimum Gasteiger partial charge on any atom is -0.494 e. The van der Waals surface area contributed by atoms with E-state index in [2.05, 4.69) is 5.32 Å². The van der Waals surface area contributed by atoms with Gasteiger partial charge in [-0.3, -0.25) is 4.79 Å². The van der Waals surface area contributed by atoms with Gasteiger partial charge in [-0.05, 0) is 48.9 Å². The second-order valence-electron chi connectivity index (χ2n) is 5.71. The predicted octanol–water partition coefficient (Wildman–Crippen LogP) is 3.53. The molecule has 0 spiro atoms. The summed E-state index contributed by atoms with van der Waals surface area (Å²) in [5, 5.41) is 3.09. The standard InChI is InChI=1S/C18H19ClFNO4S/c1-12(13-3-8-17(25-2)16(20)11-13)21-18(22)9-10-26(23,24)15-6-4-14(19)5-7-15/h3-8,11-12H,9-10H2,1-2H3,(H,21,22). The molecule has 140 valence electrons. The van der Waals surface area contributed by atoms with Gasteiger partial charge in [-0.1, -0.05) is 17.7 Å². The molecule has 1 atom stereocenters. The van der Waals surface area contributed by atoms with Crippen LogP contribution in [-0.2, 0) is 14.6 Å². The van der Waals surface area contributed by atoms with E-state index in [9.17, 15) is 17.6 Å². The number of ether oxygens (including phenoxy) is 1. The van der Waals surface area contributed by atoms with Gasteiger partial charge in [0.15, 0.2) is 21.4 Å². The van der Waals surface area contributed by atoms with Crippen LogP contribution >= 0.6 is 11.6 Å². The van der Waals surface area contributed by atoms with Crippen molar-refractivity contribution in [3.63, 3.8) is 0 Å².